The van der Waals surface area contributed by atoms with Gasteiger partial charge in [-0.2, -0.15) is 5.10 Å². The van der Waals surface area contributed by atoms with Crippen LogP contribution in [0, 0.1) is 5.92 Å². The molecule has 0 bridgehead atoms. The Morgan fingerprint density at radius 2 is 2.28 bits per heavy atom. The van der Waals surface area contributed by atoms with Crippen molar-refractivity contribution in [3.8, 4) is 0 Å². The third kappa shape index (κ3) is 4.65. The zero-order chi connectivity index (χ0) is 17.6. The number of hydrogen-bond acceptors (Lipinski definition) is 4. The number of nitrogens with zero attached hydrogens (tertiary/aromatic N) is 4. The maximum absolute atomic E-state index is 12.3. The maximum atomic E-state index is 12.3. The lowest BCUT2D eigenvalue weighted by atomic mass is 10.1. The molecule has 2 aromatic heterocycles. The van der Waals surface area contributed by atoms with Crippen LogP contribution in [0.15, 0.2) is 36.8 Å². The van der Waals surface area contributed by atoms with Crippen LogP contribution >= 0.6 is 0 Å². The van der Waals surface area contributed by atoms with E-state index >= 15 is 0 Å². The molecule has 132 valence electrons. The van der Waals surface area contributed by atoms with Gasteiger partial charge in [0.2, 0.25) is 11.8 Å². The largest absolute Gasteiger partial charge is 0.356 e. The van der Waals surface area contributed by atoms with Crippen molar-refractivity contribution >= 4 is 11.8 Å². The van der Waals surface area contributed by atoms with Gasteiger partial charge in [-0.3, -0.25) is 19.3 Å². The van der Waals surface area contributed by atoms with Crippen LogP contribution in [0.2, 0.25) is 0 Å². The first-order valence-electron chi connectivity index (χ1n) is 8.55. The Kier molecular flexibility index (Phi) is 5.42. The molecule has 0 aliphatic carbocycles. The number of aromatic nitrogens is 3. The molecular formula is C18H23N5O2. The van der Waals surface area contributed by atoms with E-state index in [-0.39, 0.29) is 24.2 Å². The quantitative estimate of drug-likeness (QED) is 0.759. The van der Waals surface area contributed by atoms with Crippen molar-refractivity contribution in [2.75, 3.05) is 13.1 Å². The topological polar surface area (TPSA) is 80.1 Å². The van der Waals surface area contributed by atoms with E-state index in [2.05, 4.69) is 15.4 Å². The number of pyridine rings is 1. The van der Waals surface area contributed by atoms with Gasteiger partial charge in [0.1, 0.15) is 0 Å². The van der Waals surface area contributed by atoms with Gasteiger partial charge >= 0.3 is 0 Å². The Hall–Kier alpha value is -2.70. The normalized spacial score (nSPS) is 17.1. The van der Waals surface area contributed by atoms with Crippen LogP contribution in [0.5, 0.6) is 0 Å². The van der Waals surface area contributed by atoms with Crippen LogP contribution in [0.1, 0.15) is 24.1 Å². The highest BCUT2D eigenvalue weighted by Gasteiger charge is 2.34. The van der Waals surface area contributed by atoms with E-state index in [1.165, 1.54) is 0 Å². The molecule has 1 fully saturated rings. The Labute approximate surface area is 147 Å². The third-order valence-electron chi connectivity index (χ3n) is 4.36. The summed E-state index contributed by atoms with van der Waals surface area (Å²) in [5, 5.41) is 7.07. The molecule has 1 saturated heterocycles. The lowest BCUT2D eigenvalue weighted by Gasteiger charge is -2.16. The SMILES string of the molecule is Cn1cc(CCCNC(=O)[C@H]2CC(=O)N(Cc3ccccn3)C2)cn1. The minimum absolute atomic E-state index is 0.0150. The second-order valence-corrected chi connectivity index (χ2v) is 6.41. The zero-order valence-corrected chi connectivity index (χ0v) is 14.4. The van der Waals surface area contributed by atoms with E-state index in [0.29, 0.717) is 19.6 Å². The minimum atomic E-state index is -0.269. The summed E-state index contributed by atoms with van der Waals surface area (Å²) < 4.78 is 1.77. The molecule has 1 N–H and O–H groups in total. The Morgan fingerprint density at radius 1 is 1.40 bits per heavy atom. The highest BCUT2D eigenvalue weighted by molar-refractivity contribution is 5.89. The fourth-order valence-corrected chi connectivity index (χ4v) is 3.04. The number of rotatable bonds is 7. The van der Waals surface area contributed by atoms with Crippen molar-refractivity contribution in [2.24, 2.45) is 13.0 Å². The fraction of sp³-hybridized carbons (Fsp3) is 0.444. The molecule has 7 nitrogen and oxygen atoms in total. The first kappa shape index (κ1) is 17.1. The zero-order valence-electron chi connectivity index (χ0n) is 14.4. The van der Waals surface area contributed by atoms with Gasteiger partial charge in [0, 0.05) is 39.0 Å². The molecule has 1 aliphatic rings. The standard InChI is InChI=1S/C18H23N5O2/c1-22-11-14(10-21-22)5-4-8-20-18(25)15-9-17(24)23(12-15)13-16-6-2-3-7-19-16/h2-3,6-7,10-11,15H,4-5,8-9,12-13H2,1H3,(H,20,25)/t15-/m0/s1. The second-order valence-electron chi connectivity index (χ2n) is 6.41. The van der Waals surface area contributed by atoms with Gasteiger partial charge in [0.25, 0.3) is 0 Å². The first-order valence-corrected chi connectivity index (χ1v) is 8.55. The van der Waals surface area contributed by atoms with E-state index in [0.717, 1.165) is 24.1 Å². The van der Waals surface area contributed by atoms with Crippen LogP contribution < -0.4 is 5.32 Å². The fourth-order valence-electron chi connectivity index (χ4n) is 3.04. The summed E-state index contributed by atoms with van der Waals surface area (Å²) in [6.45, 7) is 1.53. The molecule has 2 aromatic rings. The number of aryl methyl sites for hydroxylation is 2. The number of carbonyl (C=O) groups excluding carboxylic acids is 2. The molecule has 3 heterocycles. The second kappa shape index (κ2) is 7.92. The van der Waals surface area contributed by atoms with Gasteiger partial charge < -0.3 is 10.2 Å². The summed E-state index contributed by atoms with van der Waals surface area (Å²) in [5.41, 5.74) is 2.00. The van der Waals surface area contributed by atoms with Gasteiger partial charge in [-0.15, -0.1) is 0 Å². The van der Waals surface area contributed by atoms with Crippen LogP contribution in [0.4, 0.5) is 0 Å². The Morgan fingerprint density at radius 3 is 3.00 bits per heavy atom. The molecule has 7 heteroatoms. The molecule has 0 aromatic carbocycles. The monoisotopic (exact) mass is 341 g/mol. The molecule has 1 aliphatic heterocycles. The average molecular weight is 341 g/mol. The molecular weight excluding hydrogens is 318 g/mol. The van der Waals surface area contributed by atoms with E-state index < -0.39 is 0 Å². The van der Waals surface area contributed by atoms with Crippen LogP contribution in [-0.4, -0.2) is 44.6 Å². The van der Waals surface area contributed by atoms with Gasteiger partial charge in [-0.1, -0.05) is 6.07 Å². The number of nitrogens with one attached hydrogen (secondary N) is 1. The summed E-state index contributed by atoms with van der Waals surface area (Å²) in [6, 6.07) is 5.63. The summed E-state index contributed by atoms with van der Waals surface area (Å²) in [6.07, 6.45) is 7.54. The van der Waals surface area contributed by atoms with Crippen LogP contribution in [-0.2, 0) is 29.6 Å². The number of carbonyl (C=O) groups is 2. The molecule has 0 saturated carbocycles. The molecule has 2 amide bonds. The molecule has 0 unspecified atom stereocenters. The van der Waals surface area contributed by atoms with Gasteiger partial charge in [-0.05, 0) is 30.5 Å². The lowest BCUT2D eigenvalue weighted by Crippen LogP contribution is -2.33. The molecule has 1 atom stereocenters. The van der Waals surface area contributed by atoms with Crippen molar-refractivity contribution in [1.29, 1.82) is 0 Å². The number of amides is 2. The molecule has 0 radical (unpaired) electrons. The minimum Gasteiger partial charge on any atom is -0.356 e. The first-order chi connectivity index (χ1) is 12.1. The van der Waals surface area contributed by atoms with Crippen LogP contribution in [0.3, 0.4) is 0 Å². The smallest absolute Gasteiger partial charge is 0.225 e. The summed E-state index contributed by atoms with van der Waals surface area (Å²) in [4.78, 5) is 30.3. The number of likely N-dealkylation sites (tertiary alicyclic amines) is 1. The van der Waals surface area contributed by atoms with Crippen molar-refractivity contribution in [3.05, 3.63) is 48.0 Å². The summed E-state index contributed by atoms with van der Waals surface area (Å²) in [5.74, 6) is -0.293. The van der Waals surface area contributed by atoms with Gasteiger partial charge in [0.15, 0.2) is 0 Å². The van der Waals surface area contributed by atoms with Gasteiger partial charge in [-0.25, -0.2) is 0 Å². The maximum Gasteiger partial charge on any atom is 0.225 e. The predicted octanol–water partition coefficient (Wildman–Crippen LogP) is 0.913. The van der Waals surface area contributed by atoms with Crippen molar-refractivity contribution in [3.63, 3.8) is 0 Å². The Bertz CT molecular complexity index is 728. The van der Waals surface area contributed by atoms with Gasteiger partial charge in [0.05, 0.1) is 24.4 Å². The lowest BCUT2D eigenvalue weighted by molar-refractivity contribution is -0.129. The molecule has 3 rings (SSSR count). The van der Waals surface area contributed by atoms with E-state index in [9.17, 15) is 9.59 Å². The molecule has 0 spiro atoms. The van der Waals surface area contributed by atoms with E-state index in [4.69, 9.17) is 0 Å². The predicted molar refractivity (Wildman–Crippen MR) is 92.3 cm³/mol. The summed E-state index contributed by atoms with van der Waals surface area (Å²) >= 11 is 0. The van der Waals surface area contributed by atoms with E-state index in [1.54, 1.807) is 15.8 Å². The summed E-state index contributed by atoms with van der Waals surface area (Å²) in [7, 11) is 1.89. The average Bonchev–Trinajstić information content (AvgIpc) is 3.18. The molecule has 25 heavy (non-hydrogen) atoms. The highest BCUT2D eigenvalue weighted by Crippen LogP contribution is 2.19. The van der Waals surface area contributed by atoms with Crippen LogP contribution in [0.25, 0.3) is 0 Å². The number of hydrogen-bond donors (Lipinski definition) is 1. The van der Waals surface area contributed by atoms with Crippen molar-refractivity contribution in [1.82, 2.24) is 25.0 Å². The third-order valence-corrected chi connectivity index (χ3v) is 4.36. The van der Waals surface area contributed by atoms with Crippen molar-refractivity contribution in [2.45, 2.75) is 25.8 Å². The van der Waals surface area contributed by atoms with E-state index in [1.807, 2.05) is 37.6 Å². The van der Waals surface area contributed by atoms with Crippen molar-refractivity contribution < 1.29 is 9.59 Å². The highest BCUT2D eigenvalue weighted by atomic mass is 16.2. The Balaban J connectivity index is 1.41.